The standard InChI is InChI=1S/C7H6ClF3O/c8-5-3-4(7(9,10)11)1-2-6(5)12/h1-3,5-6,12H. The first-order valence-electron chi connectivity index (χ1n) is 3.20. The van der Waals surface area contributed by atoms with Crippen molar-refractivity contribution in [3.63, 3.8) is 0 Å². The fourth-order valence-electron chi connectivity index (χ4n) is 0.823. The highest BCUT2D eigenvalue weighted by Crippen LogP contribution is 2.30. The second-order valence-corrected chi connectivity index (χ2v) is 2.92. The number of rotatable bonds is 0. The Hall–Kier alpha value is -0.480. The Labute approximate surface area is 72.1 Å². The Morgan fingerprint density at radius 2 is 2.00 bits per heavy atom. The fraction of sp³-hybridized carbons (Fsp3) is 0.429. The van der Waals surface area contributed by atoms with Gasteiger partial charge in [-0.3, -0.25) is 0 Å². The Kier molecular flexibility index (Phi) is 2.49. The highest BCUT2D eigenvalue weighted by Gasteiger charge is 2.34. The molecule has 0 spiro atoms. The second-order valence-electron chi connectivity index (χ2n) is 2.41. The smallest absolute Gasteiger partial charge is 0.387 e. The van der Waals surface area contributed by atoms with E-state index < -0.39 is 23.2 Å². The van der Waals surface area contributed by atoms with E-state index in [4.69, 9.17) is 16.7 Å². The van der Waals surface area contributed by atoms with Crippen LogP contribution in [0.25, 0.3) is 0 Å². The first-order chi connectivity index (χ1) is 5.41. The molecular weight excluding hydrogens is 193 g/mol. The molecule has 2 unspecified atom stereocenters. The van der Waals surface area contributed by atoms with Gasteiger partial charge >= 0.3 is 6.18 Å². The third kappa shape index (κ3) is 2.01. The van der Waals surface area contributed by atoms with Crippen LogP contribution in [0.1, 0.15) is 0 Å². The van der Waals surface area contributed by atoms with Crippen LogP contribution in [0, 0.1) is 0 Å². The average Bonchev–Trinajstić information content (AvgIpc) is 1.92. The lowest BCUT2D eigenvalue weighted by atomic mass is 10.0. The minimum Gasteiger partial charge on any atom is -0.387 e. The Morgan fingerprint density at radius 1 is 1.42 bits per heavy atom. The lowest BCUT2D eigenvalue weighted by Gasteiger charge is -2.17. The van der Waals surface area contributed by atoms with Gasteiger partial charge in [-0.25, -0.2) is 0 Å². The SMILES string of the molecule is OC1C=CC(C(F)(F)F)=CC1Cl. The van der Waals surface area contributed by atoms with E-state index in [1.165, 1.54) is 0 Å². The van der Waals surface area contributed by atoms with Crippen LogP contribution in [0.4, 0.5) is 13.2 Å². The fourth-order valence-corrected chi connectivity index (χ4v) is 1.04. The van der Waals surface area contributed by atoms with Gasteiger partial charge in [-0.15, -0.1) is 11.6 Å². The van der Waals surface area contributed by atoms with Gasteiger partial charge in [-0.1, -0.05) is 18.2 Å². The second kappa shape index (κ2) is 3.11. The quantitative estimate of drug-likeness (QED) is 0.591. The molecule has 1 nitrogen and oxygen atoms in total. The van der Waals surface area contributed by atoms with Crippen LogP contribution in [-0.2, 0) is 0 Å². The van der Waals surface area contributed by atoms with Gasteiger partial charge in [0.25, 0.3) is 0 Å². The van der Waals surface area contributed by atoms with Crippen molar-refractivity contribution >= 4 is 11.6 Å². The zero-order valence-corrected chi connectivity index (χ0v) is 6.60. The van der Waals surface area contributed by atoms with Gasteiger partial charge in [0.1, 0.15) is 0 Å². The van der Waals surface area contributed by atoms with Crippen molar-refractivity contribution in [2.75, 3.05) is 0 Å². The monoisotopic (exact) mass is 198 g/mol. The van der Waals surface area contributed by atoms with Crippen molar-refractivity contribution in [2.24, 2.45) is 0 Å². The van der Waals surface area contributed by atoms with E-state index in [0.29, 0.717) is 0 Å². The number of halogens is 4. The van der Waals surface area contributed by atoms with E-state index in [9.17, 15) is 13.2 Å². The predicted octanol–water partition coefficient (Wildman–Crippen LogP) is 2.01. The summed E-state index contributed by atoms with van der Waals surface area (Å²) in [6, 6.07) is 0. The molecule has 0 heterocycles. The molecule has 0 aromatic rings. The van der Waals surface area contributed by atoms with E-state index in [1.54, 1.807) is 0 Å². The van der Waals surface area contributed by atoms with Gasteiger partial charge in [0.15, 0.2) is 0 Å². The summed E-state index contributed by atoms with van der Waals surface area (Å²) in [7, 11) is 0. The molecule has 0 bridgehead atoms. The highest BCUT2D eigenvalue weighted by molar-refractivity contribution is 6.22. The van der Waals surface area contributed by atoms with Crippen LogP contribution < -0.4 is 0 Å². The zero-order chi connectivity index (χ0) is 9.35. The molecule has 1 rings (SSSR count). The lowest BCUT2D eigenvalue weighted by molar-refractivity contribution is -0.0888. The number of hydrogen-bond acceptors (Lipinski definition) is 1. The highest BCUT2D eigenvalue weighted by atomic mass is 35.5. The van der Waals surface area contributed by atoms with Crippen molar-refractivity contribution < 1.29 is 18.3 Å². The van der Waals surface area contributed by atoms with Crippen LogP contribution in [-0.4, -0.2) is 22.8 Å². The van der Waals surface area contributed by atoms with Gasteiger partial charge in [0.05, 0.1) is 17.1 Å². The molecule has 0 aromatic heterocycles. The average molecular weight is 199 g/mol. The van der Waals surface area contributed by atoms with E-state index in [1.807, 2.05) is 0 Å². The summed E-state index contributed by atoms with van der Waals surface area (Å²) in [4.78, 5) is 0. The van der Waals surface area contributed by atoms with E-state index >= 15 is 0 Å². The molecule has 0 aromatic carbocycles. The van der Waals surface area contributed by atoms with Gasteiger partial charge in [-0.2, -0.15) is 13.2 Å². The molecule has 5 heteroatoms. The molecule has 68 valence electrons. The van der Waals surface area contributed by atoms with E-state index in [-0.39, 0.29) is 0 Å². The molecule has 0 fully saturated rings. The molecule has 0 saturated heterocycles. The maximum Gasteiger partial charge on any atom is 0.416 e. The lowest BCUT2D eigenvalue weighted by Crippen LogP contribution is -2.23. The number of aliphatic hydroxyl groups excluding tert-OH is 1. The van der Waals surface area contributed by atoms with E-state index in [2.05, 4.69) is 0 Å². The molecular formula is C7H6ClF3O. The topological polar surface area (TPSA) is 20.2 Å². The summed E-state index contributed by atoms with van der Waals surface area (Å²) in [5.74, 6) is 0. The van der Waals surface area contributed by atoms with Gasteiger partial charge < -0.3 is 5.11 Å². The predicted molar refractivity (Wildman–Crippen MR) is 38.9 cm³/mol. The minimum absolute atomic E-state index is 0.798. The first-order valence-corrected chi connectivity index (χ1v) is 3.64. The summed E-state index contributed by atoms with van der Waals surface area (Å²) >= 11 is 5.39. The van der Waals surface area contributed by atoms with E-state index in [0.717, 1.165) is 18.2 Å². The van der Waals surface area contributed by atoms with Gasteiger partial charge in [0.2, 0.25) is 0 Å². The third-order valence-corrected chi connectivity index (χ3v) is 1.85. The first kappa shape index (κ1) is 9.61. The summed E-state index contributed by atoms with van der Waals surface area (Å²) < 4.78 is 35.9. The minimum atomic E-state index is -4.39. The number of aliphatic hydroxyl groups is 1. The molecule has 0 saturated carbocycles. The van der Waals surface area contributed by atoms with Crippen LogP contribution >= 0.6 is 11.6 Å². The van der Waals surface area contributed by atoms with Crippen molar-refractivity contribution in [1.82, 2.24) is 0 Å². The molecule has 1 aliphatic carbocycles. The van der Waals surface area contributed by atoms with Gasteiger partial charge in [-0.05, 0) is 0 Å². The summed E-state index contributed by atoms with van der Waals surface area (Å²) in [6.45, 7) is 0. The van der Waals surface area contributed by atoms with Gasteiger partial charge in [0, 0.05) is 0 Å². The van der Waals surface area contributed by atoms with Crippen LogP contribution in [0.3, 0.4) is 0 Å². The summed E-state index contributed by atoms with van der Waals surface area (Å²) in [6.07, 6.45) is -2.77. The Balaban J connectivity index is 2.84. The molecule has 1 aliphatic rings. The molecule has 0 amide bonds. The van der Waals surface area contributed by atoms with Crippen molar-refractivity contribution in [2.45, 2.75) is 17.7 Å². The summed E-state index contributed by atoms with van der Waals surface area (Å²) in [5.41, 5.74) is -0.812. The Bertz CT molecular complexity index is 231. The number of alkyl halides is 4. The largest absolute Gasteiger partial charge is 0.416 e. The summed E-state index contributed by atoms with van der Waals surface area (Å²) in [5, 5.41) is 7.94. The van der Waals surface area contributed by atoms with Crippen molar-refractivity contribution in [3.05, 3.63) is 23.8 Å². The molecule has 2 atom stereocenters. The van der Waals surface area contributed by atoms with Crippen LogP contribution in [0.15, 0.2) is 23.8 Å². The van der Waals surface area contributed by atoms with Crippen LogP contribution in [0.2, 0.25) is 0 Å². The maximum atomic E-state index is 12.0. The molecule has 1 N–H and O–H groups in total. The third-order valence-electron chi connectivity index (χ3n) is 1.47. The molecule has 12 heavy (non-hydrogen) atoms. The number of hydrogen-bond donors (Lipinski definition) is 1. The number of allylic oxidation sites excluding steroid dienone is 2. The van der Waals surface area contributed by atoms with Crippen molar-refractivity contribution in [3.8, 4) is 0 Å². The zero-order valence-electron chi connectivity index (χ0n) is 5.85. The maximum absolute atomic E-state index is 12.0. The van der Waals surface area contributed by atoms with Crippen molar-refractivity contribution in [1.29, 1.82) is 0 Å². The normalized spacial score (nSPS) is 30.2. The molecule has 0 aliphatic heterocycles. The van der Waals surface area contributed by atoms with Crippen LogP contribution in [0.5, 0.6) is 0 Å². The molecule has 0 radical (unpaired) electrons. The Morgan fingerprint density at radius 3 is 2.42 bits per heavy atom.